The molecule has 2 aliphatic heterocycles. The van der Waals surface area contributed by atoms with Gasteiger partial charge in [-0.2, -0.15) is 9.40 Å². The lowest BCUT2D eigenvalue weighted by Crippen LogP contribution is -2.46. The van der Waals surface area contributed by atoms with Gasteiger partial charge in [-0.3, -0.25) is 5.32 Å². The molecule has 2 aromatic carbocycles. The highest BCUT2D eigenvalue weighted by molar-refractivity contribution is 7.89. The lowest BCUT2D eigenvalue weighted by molar-refractivity contribution is 0.0558. The van der Waals surface area contributed by atoms with Crippen molar-refractivity contribution in [2.45, 2.75) is 82.4 Å². The van der Waals surface area contributed by atoms with Gasteiger partial charge in [-0.1, -0.05) is 50.6 Å². The Morgan fingerprint density at radius 2 is 1.68 bits per heavy atom. The molecule has 2 N–H and O–H groups in total. The fourth-order valence-electron chi connectivity index (χ4n) is 6.69. The second-order valence-corrected chi connectivity index (χ2v) is 15.3. The Bertz CT molecular complexity index is 1880. The number of piperidine rings is 1. The molecule has 248 valence electrons. The van der Waals surface area contributed by atoms with Crippen molar-refractivity contribution in [3.63, 3.8) is 0 Å². The number of furan rings is 1. The normalized spacial score (nSPS) is 19.8. The highest BCUT2D eigenvalue weighted by Gasteiger charge is 2.48. The molecule has 0 aliphatic carbocycles. The number of aryl methyl sites for hydroxylation is 1. The number of nitrogens with one attached hydrogen (secondary N) is 2. The van der Waals surface area contributed by atoms with Crippen LogP contribution in [0.3, 0.4) is 0 Å². The Balaban J connectivity index is 1.11. The predicted octanol–water partition coefficient (Wildman–Crippen LogP) is 6.68. The maximum absolute atomic E-state index is 13.5. The number of carbonyl (C=O) groups is 2. The Hall–Kier alpha value is -4.42. The van der Waals surface area contributed by atoms with Crippen LogP contribution in [0.15, 0.2) is 76.2 Å². The zero-order valence-electron chi connectivity index (χ0n) is 27.3. The first-order chi connectivity index (χ1) is 22.3. The zero-order chi connectivity index (χ0) is 33.5. The fourth-order valence-corrected chi connectivity index (χ4v) is 8.50. The molecule has 0 spiro atoms. The number of urea groups is 1. The number of ether oxygens (including phenoxy) is 1. The maximum atomic E-state index is 13.5. The van der Waals surface area contributed by atoms with E-state index < -0.39 is 16.0 Å². The van der Waals surface area contributed by atoms with Gasteiger partial charge in [-0.25, -0.2) is 22.7 Å². The van der Waals surface area contributed by atoms with Crippen LogP contribution in [0.1, 0.15) is 73.8 Å². The number of carbonyl (C=O) groups excluding carboxylic acids is 2. The van der Waals surface area contributed by atoms with E-state index in [9.17, 15) is 18.0 Å². The molecule has 4 aromatic rings. The number of sulfonamides is 1. The number of aromatic nitrogens is 2. The number of hydrogen-bond acceptors (Lipinski definition) is 7. The van der Waals surface area contributed by atoms with E-state index in [0.29, 0.717) is 11.5 Å². The van der Waals surface area contributed by atoms with Crippen molar-refractivity contribution in [2.24, 2.45) is 5.92 Å². The molecule has 2 aromatic heterocycles. The van der Waals surface area contributed by atoms with Crippen LogP contribution in [0.5, 0.6) is 0 Å². The van der Waals surface area contributed by atoms with Crippen molar-refractivity contribution < 1.29 is 27.2 Å². The van der Waals surface area contributed by atoms with Crippen molar-refractivity contribution in [1.82, 2.24) is 14.1 Å². The van der Waals surface area contributed by atoms with Gasteiger partial charge in [0.2, 0.25) is 10.9 Å². The average molecular weight is 660 g/mol. The van der Waals surface area contributed by atoms with Crippen molar-refractivity contribution in [3.8, 4) is 5.69 Å². The summed E-state index contributed by atoms with van der Waals surface area (Å²) in [5, 5.41) is 10.5. The number of methoxy groups -OCH3 is 1. The van der Waals surface area contributed by atoms with Gasteiger partial charge in [-0.15, -0.1) is 0 Å². The maximum Gasteiger partial charge on any atom is 0.374 e. The first-order valence-corrected chi connectivity index (χ1v) is 17.3. The van der Waals surface area contributed by atoms with Gasteiger partial charge in [0.1, 0.15) is 5.82 Å². The molecule has 2 unspecified atom stereocenters. The Morgan fingerprint density at radius 3 is 2.34 bits per heavy atom. The molecule has 11 nitrogen and oxygen atoms in total. The first-order valence-electron chi connectivity index (χ1n) is 15.9. The first kappa shape index (κ1) is 32.5. The Kier molecular flexibility index (Phi) is 8.75. The lowest BCUT2D eigenvalue weighted by Gasteiger charge is -2.37. The summed E-state index contributed by atoms with van der Waals surface area (Å²) in [6, 6.07) is 19.7. The number of fused-ring (bicyclic) bond motifs is 2. The van der Waals surface area contributed by atoms with E-state index in [4.69, 9.17) is 9.52 Å². The van der Waals surface area contributed by atoms with E-state index in [2.05, 4.69) is 36.1 Å². The molecular weight excluding hydrogens is 618 g/mol. The molecule has 2 fully saturated rings. The summed E-state index contributed by atoms with van der Waals surface area (Å²) in [7, 11) is -2.67. The highest BCUT2D eigenvalue weighted by atomic mass is 32.2. The monoisotopic (exact) mass is 659 g/mol. The van der Waals surface area contributed by atoms with E-state index >= 15 is 0 Å². The van der Waals surface area contributed by atoms with Crippen LogP contribution >= 0.6 is 0 Å². The third-order valence-corrected chi connectivity index (χ3v) is 10.8. The molecule has 12 heteroatoms. The highest BCUT2D eigenvalue weighted by Crippen LogP contribution is 2.43. The minimum absolute atomic E-state index is 0.137. The molecular formula is C35H41N5O6S. The largest absolute Gasteiger partial charge is 0.463 e. The quantitative estimate of drug-likeness (QED) is 0.202. The SMILES string of the molecule is COC(=O)c1ccc(S(=O)(=O)N2C3CCC2CC(Cc2cccc(NC(=O)Nc4cc(C(C)(C)C)nn4-c4ccc(C)cc4)c2)C3)o1. The summed E-state index contributed by atoms with van der Waals surface area (Å²) >= 11 is 0. The van der Waals surface area contributed by atoms with E-state index in [1.54, 1.807) is 8.99 Å². The minimum atomic E-state index is -3.89. The third-order valence-electron chi connectivity index (χ3n) is 8.97. The number of esters is 1. The summed E-state index contributed by atoms with van der Waals surface area (Å²) < 4.78 is 40.4. The van der Waals surface area contributed by atoms with E-state index in [1.165, 1.54) is 19.2 Å². The molecule has 47 heavy (non-hydrogen) atoms. The van der Waals surface area contributed by atoms with Crippen LogP contribution in [-0.2, 0) is 26.6 Å². The second-order valence-electron chi connectivity index (χ2n) is 13.6. The van der Waals surface area contributed by atoms with Crippen LogP contribution in [-0.4, -0.2) is 53.7 Å². The van der Waals surface area contributed by atoms with Crippen molar-refractivity contribution in [2.75, 3.05) is 17.7 Å². The summed E-state index contributed by atoms with van der Waals surface area (Å²) in [6.45, 7) is 8.27. The van der Waals surface area contributed by atoms with Gasteiger partial charge in [0.05, 0.1) is 18.5 Å². The Morgan fingerprint density at radius 1 is 0.979 bits per heavy atom. The molecule has 2 saturated heterocycles. The van der Waals surface area contributed by atoms with Crippen LogP contribution in [0.4, 0.5) is 16.3 Å². The van der Waals surface area contributed by atoms with Crippen LogP contribution < -0.4 is 10.6 Å². The fraction of sp³-hybridized carbons (Fsp3) is 0.400. The number of hydrogen-bond donors (Lipinski definition) is 2. The molecule has 4 heterocycles. The summed E-state index contributed by atoms with van der Waals surface area (Å²) in [5.74, 6) is -0.00137. The molecule has 2 bridgehead atoms. The predicted molar refractivity (Wildman–Crippen MR) is 178 cm³/mol. The number of rotatable bonds is 8. The van der Waals surface area contributed by atoms with E-state index in [0.717, 1.165) is 54.6 Å². The molecule has 2 aliphatic rings. The summed E-state index contributed by atoms with van der Waals surface area (Å²) in [5.41, 5.74) is 4.38. The van der Waals surface area contributed by atoms with Crippen LogP contribution in [0, 0.1) is 12.8 Å². The lowest BCUT2D eigenvalue weighted by atomic mass is 9.87. The number of anilines is 2. The van der Waals surface area contributed by atoms with E-state index in [1.807, 2.05) is 61.5 Å². The van der Waals surface area contributed by atoms with Gasteiger partial charge in [0.25, 0.3) is 10.0 Å². The van der Waals surface area contributed by atoms with Crippen molar-refractivity contribution in [3.05, 3.63) is 89.3 Å². The topological polar surface area (TPSA) is 136 Å². The third kappa shape index (κ3) is 6.84. The molecule has 2 amide bonds. The van der Waals surface area contributed by atoms with Crippen molar-refractivity contribution >= 4 is 33.5 Å². The smallest absolute Gasteiger partial charge is 0.374 e. The average Bonchev–Trinajstić information content (AvgIpc) is 3.75. The minimum Gasteiger partial charge on any atom is -0.463 e. The van der Waals surface area contributed by atoms with Gasteiger partial charge in [0, 0.05) is 29.3 Å². The Labute approximate surface area is 275 Å². The molecule has 6 rings (SSSR count). The van der Waals surface area contributed by atoms with Crippen LogP contribution in [0.25, 0.3) is 5.69 Å². The van der Waals surface area contributed by atoms with Gasteiger partial charge in [0.15, 0.2) is 0 Å². The van der Waals surface area contributed by atoms with E-state index in [-0.39, 0.29) is 40.3 Å². The molecule has 2 atom stereocenters. The summed E-state index contributed by atoms with van der Waals surface area (Å²) in [4.78, 5) is 25.0. The second kappa shape index (κ2) is 12.6. The number of nitrogens with zero attached hydrogens (tertiary/aromatic N) is 3. The standard InChI is InChI=1S/C35H41N5O6S/c1-22-9-11-26(12-10-22)39-31(21-30(38-39)35(2,3)4)37-34(42)36-25-8-6-7-23(18-25)17-24-19-27-13-14-28(20-24)40(27)47(43,44)32-16-15-29(46-32)33(41)45-5/h6-12,15-16,18,21,24,27-28H,13-14,17,19-20H2,1-5H3,(H2,36,37,42). The number of benzene rings is 2. The molecule has 0 saturated carbocycles. The molecule has 0 radical (unpaired) electrons. The number of amides is 2. The van der Waals surface area contributed by atoms with Gasteiger partial charge < -0.3 is 14.5 Å². The zero-order valence-corrected chi connectivity index (χ0v) is 28.1. The van der Waals surface area contributed by atoms with Gasteiger partial charge >= 0.3 is 12.0 Å². The van der Waals surface area contributed by atoms with Crippen LogP contribution in [0.2, 0.25) is 0 Å². The van der Waals surface area contributed by atoms with Gasteiger partial charge in [-0.05, 0) is 86.9 Å². The van der Waals surface area contributed by atoms with Crippen molar-refractivity contribution in [1.29, 1.82) is 0 Å². The summed E-state index contributed by atoms with van der Waals surface area (Å²) in [6.07, 6.45) is 3.77.